The molecule has 0 bridgehead atoms. The molecule has 0 rings (SSSR count). The van der Waals surface area contributed by atoms with Crippen LogP contribution in [0.25, 0.3) is 0 Å². The number of hydrogen-bond donors (Lipinski definition) is 4. The van der Waals surface area contributed by atoms with Gasteiger partial charge in [-0.2, -0.15) is 8.42 Å². The Morgan fingerprint density at radius 2 is 1.04 bits per heavy atom. The third-order valence-corrected chi connectivity index (χ3v) is 3.68. The number of rotatable bonds is 16. The molecular formula is C18H38N2O7S. The van der Waals surface area contributed by atoms with Crippen LogP contribution in [0, 0.1) is 0 Å². The van der Waals surface area contributed by atoms with E-state index in [9.17, 15) is 9.59 Å². The fourth-order valence-corrected chi connectivity index (χ4v) is 2.29. The molecule has 0 radical (unpaired) electrons. The molecule has 0 aliphatic carbocycles. The largest absolute Gasteiger partial charge is 0.394 e. The molecule has 0 saturated heterocycles. The highest BCUT2D eigenvalue weighted by Crippen LogP contribution is 2.01. The summed E-state index contributed by atoms with van der Waals surface area (Å²) in [5, 5.41) is 6.03. The van der Waals surface area contributed by atoms with Gasteiger partial charge in [-0.1, -0.05) is 65.2 Å². The number of hydrogen-bond acceptors (Lipinski definition) is 7. The first kappa shape index (κ1) is 29.1. The molecule has 0 aliphatic rings. The monoisotopic (exact) mass is 426 g/mol. The SMILES string of the molecule is CCCCCCCNCC(=O)OC(=O)CNCCCCCCC.O=S(=O)(O)O. The Hall–Kier alpha value is -1.07. The van der Waals surface area contributed by atoms with Gasteiger partial charge in [0.05, 0.1) is 13.1 Å². The molecule has 0 aromatic carbocycles. The zero-order chi connectivity index (χ0) is 21.7. The lowest BCUT2D eigenvalue weighted by molar-refractivity contribution is -0.158. The summed E-state index contributed by atoms with van der Waals surface area (Å²) in [4.78, 5) is 22.9. The van der Waals surface area contributed by atoms with E-state index in [1.165, 1.54) is 51.4 Å². The molecule has 0 spiro atoms. The number of ether oxygens (including phenoxy) is 1. The minimum Gasteiger partial charge on any atom is -0.391 e. The number of carbonyl (C=O) groups excluding carboxylic acids is 2. The van der Waals surface area contributed by atoms with Gasteiger partial charge in [0.15, 0.2) is 0 Å². The maximum Gasteiger partial charge on any atom is 0.394 e. The average molecular weight is 427 g/mol. The lowest BCUT2D eigenvalue weighted by Gasteiger charge is -2.06. The van der Waals surface area contributed by atoms with Crippen molar-refractivity contribution in [3.8, 4) is 0 Å². The Balaban J connectivity index is 0. The van der Waals surface area contributed by atoms with Gasteiger partial charge in [-0.05, 0) is 25.9 Å². The van der Waals surface area contributed by atoms with Crippen LogP contribution in [0.5, 0.6) is 0 Å². The Labute approximate surface area is 169 Å². The predicted octanol–water partition coefficient (Wildman–Crippen LogP) is 2.52. The zero-order valence-corrected chi connectivity index (χ0v) is 18.1. The summed E-state index contributed by atoms with van der Waals surface area (Å²) in [6, 6.07) is 0. The molecule has 0 aromatic heterocycles. The third-order valence-electron chi connectivity index (χ3n) is 3.68. The molecule has 0 unspecified atom stereocenters. The van der Waals surface area contributed by atoms with Gasteiger partial charge in [0.25, 0.3) is 0 Å². The van der Waals surface area contributed by atoms with Crippen LogP contribution in [0.4, 0.5) is 0 Å². The van der Waals surface area contributed by atoms with Gasteiger partial charge in [-0.3, -0.25) is 18.7 Å². The first-order valence-electron chi connectivity index (χ1n) is 10.1. The molecule has 0 amide bonds. The molecule has 10 heteroatoms. The van der Waals surface area contributed by atoms with Crippen LogP contribution in [0.2, 0.25) is 0 Å². The predicted molar refractivity (Wildman–Crippen MR) is 109 cm³/mol. The van der Waals surface area contributed by atoms with Crippen molar-refractivity contribution in [1.82, 2.24) is 10.6 Å². The van der Waals surface area contributed by atoms with Gasteiger partial charge in [-0.25, -0.2) is 0 Å². The molecule has 0 aliphatic heterocycles. The fourth-order valence-electron chi connectivity index (χ4n) is 2.29. The lowest BCUT2D eigenvalue weighted by atomic mass is 10.1. The Morgan fingerprint density at radius 3 is 1.36 bits per heavy atom. The number of esters is 2. The summed E-state index contributed by atoms with van der Waals surface area (Å²) < 4.78 is 36.3. The highest BCUT2D eigenvalue weighted by molar-refractivity contribution is 7.79. The molecule has 0 aromatic rings. The minimum atomic E-state index is -4.67. The maximum absolute atomic E-state index is 11.5. The van der Waals surface area contributed by atoms with E-state index >= 15 is 0 Å². The molecule has 0 saturated carbocycles. The molecular weight excluding hydrogens is 388 g/mol. The third kappa shape index (κ3) is 32.6. The molecule has 168 valence electrons. The molecule has 9 nitrogen and oxygen atoms in total. The Kier molecular flexibility index (Phi) is 21.5. The molecule has 28 heavy (non-hydrogen) atoms. The topological polar surface area (TPSA) is 142 Å². The van der Waals surface area contributed by atoms with Crippen molar-refractivity contribution in [1.29, 1.82) is 0 Å². The van der Waals surface area contributed by atoms with E-state index in [1.54, 1.807) is 0 Å². The highest BCUT2D eigenvalue weighted by Gasteiger charge is 2.09. The van der Waals surface area contributed by atoms with Gasteiger partial charge in [-0.15, -0.1) is 0 Å². The zero-order valence-electron chi connectivity index (χ0n) is 17.2. The standard InChI is InChI=1S/C18H36N2O3.H2O4S/c1-3-5-7-9-11-13-19-15-17(21)23-18(22)16-20-14-12-10-8-6-4-2;1-5(2,3)4/h19-20H,3-16H2,1-2H3;(H2,1,2,3,4). The van der Waals surface area contributed by atoms with E-state index in [1.807, 2.05) is 0 Å². The van der Waals surface area contributed by atoms with Crippen molar-refractivity contribution < 1.29 is 31.8 Å². The first-order valence-corrected chi connectivity index (χ1v) is 11.4. The van der Waals surface area contributed by atoms with Crippen molar-refractivity contribution in [2.45, 2.75) is 78.1 Å². The van der Waals surface area contributed by atoms with Crippen LogP contribution >= 0.6 is 0 Å². The number of nitrogens with one attached hydrogen (secondary N) is 2. The quantitative estimate of drug-likeness (QED) is 0.127. The van der Waals surface area contributed by atoms with Crippen molar-refractivity contribution >= 4 is 22.3 Å². The van der Waals surface area contributed by atoms with Crippen LogP contribution in [0.1, 0.15) is 78.1 Å². The minimum absolute atomic E-state index is 0.108. The Morgan fingerprint density at radius 1 is 0.714 bits per heavy atom. The number of carbonyl (C=O) groups is 2. The summed E-state index contributed by atoms with van der Waals surface area (Å²) in [6.07, 6.45) is 11.9. The van der Waals surface area contributed by atoms with Gasteiger partial charge in [0, 0.05) is 0 Å². The maximum atomic E-state index is 11.5. The Bertz CT molecular complexity index is 448. The summed E-state index contributed by atoms with van der Waals surface area (Å²) in [6.45, 7) is 6.18. The summed E-state index contributed by atoms with van der Waals surface area (Å²) in [7, 11) is -4.67. The van der Waals surface area contributed by atoms with Gasteiger partial charge >= 0.3 is 22.3 Å². The van der Waals surface area contributed by atoms with E-state index in [-0.39, 0.29) is 13.1 Å². The van der Waals surface area contributed by atoms with Crippen molar-refractivity contribution in [3.63, 3.8) is 0 Å². The molecule has 0 atom stereocenters. The second kappa shape index (κ2) is 20.7. The van der Waals surface area contributed by atoms with Crippen molar-refractivity contribution in [3.05, 3.63) is 0 Å². The van der Waals surface area contributed by atoms with E-state index in [0.717, 1.165) is 25.9 Å². The number of unbranched alkanes of at least 4 members (excludes halogenated alkanes) is 8. The molecule has 0 fully saturated rings. The second-order valence-electron chi connectivity index (χ2n) is 6.48. The van der Waals surface area contributed by atoms with Crippen LogP contribution in [0.3, 0.4) is 0 Å². The molecule has 4 N–H and O–H groups in total. The van der Waals surface area contributed by atoms with Crippen molar-refractivity contribution in [2.24, 2.45) is 0 Å². The lowest BCUT2D eigenvalue weighted by Crippen LogP contribution is -2.31. The van der Waals surface area contributed by atoms with Gasteiger partial charge in [0.1, 0.15) is 0 Å². The van der Waals surface area contributed by atoms with E-state index in [4.69, 9.17) is 22.3 Å². The summed E-state index contributed by atoms with van der Waals surface area (Å²) >= 11 is 0. The van der Waals surface area contributed by atoms with Crippen LogP contribution in [-0.2, 0) is 24.7 Å². The average Bonchev–Trinajstić information content (AvgIpc) is 2.58. The highest BCUT2D eigenvalue weighted by atomic mass is 32.3. The normalized spacial score (nSPS) is 10.9. The van der Waals surface area contributed by atoms with E-state index < -0.39 is 22.3 Å². The van der Waals surface area contributed by atoms with Gasteiger partial charge in [0.2, 0.25) is 0 Å². The molecule has 0 heterocycles. The van der Waals surface area contributed by atoms with Crippen LogP contribution in [-0.4, -0.2) is 55.6 Å². The van der Waals surface area contributed by atoms with Crippen LogP contribution in [0.15, 0.2) is 0 Å². The second-order valence-corrected chi connectivity index (χ2v) is 7.37. The van der Waals surface area contributed by atoms with Crippen molar-refractivity contribution in [2.75, 3.05) is 26.2 Å². The fraction of sp³-hybridized carbons (Fsp3) is 0.889. The van der Waals surface area contributed by atoms with E-state index in [2.05, 4.69) is 24.5 Å². The first-order chi connectivity index (χ1) is 13.2. The smallest absolute Gasteiger partial charge is 0.391 e. The van der Waals surface area contributed by atoms with E-state index in [0.29, 0.717) is 0 Å². The van der Waals surface area contributed by atoms with Crippen LogP contribution < -0.4 is 10.6 Å². The summed E-state index contributed by atoms with van der Waals surface area (Å²) in [5.41, 5.74) is 0. The summed E-state index contributed by atoms with van der Waals surface area (Å²) in [5.74, 6) is -0.985. The van der Waals surface area contributed by atoms with Gasteiger partial charge < -0.3 is 15.4 Å².